The molecule has 0 saturated heterocycles. The van der Waals surface area contributed by atoms with Gasteiger partial charge in [0.2, 0.25) is 0 Å². The van der Waals surface area contributed by atoms with Crippen LogP contribution in [0.4, 0.5) is 0 Å². The van der Waals surface area contributed by atoms with Crippen molar-refractivity contribution in [1.29, 1.82) is 0 Å². The molecule has 1 aliphatic rings. The van der Waals surface area contributed by atoms with Gasteiger partial charge in [-0.2, -0.15) is 0 Å². The summed E-state index contributed by atoms with van der Waals surface area (Å²) in [6.45, 7) is 0. The SMILES string of the molecule is O=P1(c2ccccc2)c2ccccc2-c2c(c3ccncc3c3ccccc23)-c2cc[nH]c21. The minimum Gasteiger partial charge on any atom is -0.358 e. The number of aromatic amines is 1. The first-order chi connectivity index (χ1) is 16.3. The molecule has 0 aliphatic carbocycles. The summed E-state index contributed by atoms with van der Waals surface area (Å²) in [5, 5.41) is 6.24. The summed E-state index contributed by atoms with van der Waals surface area (Å²) in [4.78, 5) is 7.84. The van der Waals surface area contributed by atoms with Crippen LogP contribution in [0.25, 0.3) is 43.8 Å². The summed E-state index contributed by atoms with van der Waals surface area (Å²) in [5.41, 5.74) is 5.06. The molecule has 0 bridgehead atoms. The Labute approximate surface area is 191 Å². The number of nitrogens with zero attached hydrogens (tertiary/aromatic N) is 1. The van der Waals surface area contributed by atoms with Crippen LogP contribution >= 0.6 is 7.14 Å². The molecule has 1 atom stereocenters. The number of nitrogens with one attached hydrogen (secondary N) is 1. The van der Waals surface area contributed by atoms with E-state index in [4.69, 9.17) is 0 Å². The quantitative estimate of drug-likeness (QED) is 0.250. The first-order valence-electron chi connectivity index (χ1n) is 11.0. The molecule has 7 rings (SSSR count). The molecule has 3 heterocycles. The summed E-state index contributed by atoms with van der Waals surface area (Å²) >= 11 is 0. The van der Waals surface area contributed by atoms with Crippen molar-refractivity contribution >= 4 is 44.7 Å². The van der Waals surface area contributed by atoms with E-state index in [-0.39, 0.29) is 0 Å². The molecule has 0 radical (unpaired) electrons. The Bertz CT molecular complexity index is 1750. The first-order valence-corrected chi connectivity index (χ1v) is 12.7. The second kappa shape index (κ2) is 6.78. The second-order valence-corrected chi connectivity index (χ2v) is 11.1. The van der Waals surface area contributed by atoms with Crippen LogP contribution in [-0.2, 0) is 4.57 Å². The molecule has 3 nitrogen and oxygen atoms in total. The van der Waals surface area contributed by atoms with Gasteiger partial charge in [-0.05, 0) is 39.4 Å². The molecule has 1 unspecified atom stereocenters. The fraction of sp³-hybridized carbons (Fsp3) is 0. The number of hydrogen-bond donors (Lipinski definition) is 1. The van der Waals surface area contributed by atoms with Gasteiger partial charge in [0.05, 0.1) is 5.44 Å². The summed E-state index contributed by atoms with van der Waals surface area (Å²) < 4.78 is 15.3. The van der Waals surface area contributed by atoms with Crippen molar-refractivity contribution in [3.05, 3.63) is 110 Å². The predicted molar refractivity (Wildman–Crippen MR) is 137 cm³/mol. The van der Waals surface area contributed by atoms with Gasteiger partial charge in [-0.15, -0.1) is 0 Å². The van der Waals surface area contributed by atoms with Gasteiger partial charge in [0, 0.05) is 45.7 Å². The van der Waals surface area contributed by atoms with Crippen molar-refractivity contribution < 1.29 is 4.57 Å². The van der Waals surface area contributed by atoms with Crippen LogP contribution in [0.3, 0.4) is 0 Å². The Morgan fingerprint density at radius 2 is 1.33 bits per heavy atom. The number of fused-ring (bicyclic) bond motifs is 10. The van der Waals surface area contributed by atoms with Crippen LogP contribution < -0.4 is 16.0 Å². The molecule has 4 heteroatoms. The van der Waals surface area contributed by atoms with Gasteiger partial charge in [-0.1, -0.05) is 78.9 Å². The molecule has 4 aromatic carbocycles. The van der Waals surface area contributed by atoms with E-state index in [0.29, 0.717) is 0 Å². The largest absolute Gasteiger partial charge is 0.358 e. The van der Waals surface area contributed by atoms with Crippen molar-refractivity contribution in [3.8, 4) is 22.3 Å². The molecule has 0 fully saturated rings. The number of rotatable bonds is 1. The lowest BCUT2D eigenvalue weighted by molar-refractivity contribution is 0.592. The molecule has 33 heavy (non-hydrogen) atoms. The minimum absolute atomic E-state index is 0.785. The molecule has 156 valence electrons. The highest BCUT2D eigenvalue weighted by Gasteiger charge is 2.39. The van der Waals surface area contributed by atoms with E-state index in [1.807, 2.05) is 67.1 Å². The molecule has 0 saturated carbocycles. The second-order valence-electron chi connectivity index (χ2n) is 8.42. The lowest BCUT2D eigenvalue weighted by atomic mass is 9.86. The topological polar surface area (TPSA) is 45.8 Å². The summed E-state index contributed by atoms with van der Waals surface area (Å²) in [6, 6.07) is 30.7. The van der Waals surface area contributed by atoms with Gasteiger partial charge in [0.15, 0.2) is 7.14 Å². The molecule has 1 N–H and O–H groups in total. The van der Waals surface area contributed by atoms with Crippen LogP contribution in [0.2, 0.25) is 0 Å². The van der Waals surface area contributed by atoms with E-state index in [2.05, 4.69) is 52.4 Å². The van der Waals surface area contributed by atoms with E-state index >= 15 is 4.57 Å². The number of benzene rings is 4. The standard InChI is InChI=1S/C29H19N2OP/c32-33(19-8-2-1-3-9-19)26-13-7-6-12-23(26)27-21-11-5-4-10-20(21)25-18-30-16-14-22(25)28(27)24-15-17-31-29(24)33/h1-18,31H. The van der Waals surface area contributed by atoms with Crippen LogP contribution in [0, 0.1) is 0 Å². The summed E-state index contributed by atoms with van der Waals surface area (Å²) in [7, 11) is -3.15. The van der Waals surface area contributed by atoms with Crippen molar-refractivity contribution in [2.75, 3.05) is 0 Å². The molecule has 2 aromatic heterocycles. The number of H-pyrrole nitrogens is 1. The third-order valence-corrected chi connectivity index (χ3v) is 9.86. The third-order valence-electron chi connectivity index (χ3n) is 6.77. The zero-order valence-corrected chi connectivity index (χ0v) is 18.6. The van der Waals surface area contributed by atoms with E-state index < -0.39 is 7.14 Å². The maximum atomic E-state index is 15.3. The van der Waals surface area contributed by atoms with Crippen LogP contribution in [-0.4, -0.2) is 9.97 Å². The smallest absolute Gasteiger partial charge is 0.187 e. The van der Waals surface area contributed by atoms with Crippen molar-refractivity contribution in [2.45, 2.75) is 0 Å². The fourth-order valence-electron chi connectivity index (χ4n) is 5.40. The Balaban J connectivity index is 1.78. The Morgan fingerprint density at radius 3 is 2.21 bits per heavy atom. The monoisotopic (exact) mass is 442 g/mol. The maximum absolute atomic E-state index is 15.3. The van der Waals surface area contributed by atoms with E-state index in [9.17, 15) is 0 Å². The van der Waals surface area contributed by atoms with Gasteiger partial charge < -0.3 is 9.55 Å². The Hall–Kier alpha value is -3.94. The van der Waals surface area contributed by atoms with E-state index in [1.165, 1.54) is 0 Å². The molecular weight excluding hydrogens is 423 g/mol. The first kappa shape index (κ1) is 18.6. The number of aromatic nitrogens is 2. The van der Waals surface area contributed by atoms with Gasteiger partial charge in [0.1, 0.15) is 0 Å². The van der Waals surface area contributed by atoms with Crippen LogP contribution in [0.1, 0.15) is 0 Å². The molecule has 0 amide bonds. The van der Waals surface area contributed by atoms with Crippen molar-refractivity contribution in [2.24, 2.45) is 0 Å². The van der Waals surface area contributed by atoms with E-state index in [0.717, 1.165) is 59.8 Å². The Morgan fingerprint density at radius 1 is 0.636 bits per heavy atom. The highest BCUT2D eigenvalue weighted by molar-refractivity contribution is 7.85. The minimum atomic E-state index is -3.15. The van der Waals surface area contributed by atoms with Gasteiger partial charge in [-0.3, -0.25) is 4.98 Å². The van der Waals surface area contributed by atoms with Crippen LogP contribution in [0.5, 0.6) is 0 Å². The fourth-order valence-corrected chi connectivity index (χ4v) is 8.37. The summed E-state index contributed by atoms with van der Waals surface area (Å²) in [6.07, 6.45) is 5.70. The highest BCUT2D eigenvalue weighted by atomic mass is 31.2. The maximum Gasteiger partial charge on any atom is 0.187 e. The molecule has 0 spiro atoms. The number of pyridine rings is 1. The van der Waals surface area contributed by atoms with Gasteiger partial charge in [0.25, 0.3) is 0 Å². The number of hydrogen-bond acceptors (Lipinski definition) is 2. The lowest BCUT2D eigenvalue weighted by Gasteiger charge is -2.20. The predicted octanol–water partition coefficient (Wildman–Crippen LogP) is 6.00. The average Bonchev–Trinajstić information content (AvgIpc) is 3.35. The zero-order chi connectivity index (χ0) is 22.0. The highest BCUT2D eigenvalue weighted by Crippen LogP contribution is 2.54. The van der Waals surface area contributed by atoms with Crippen LogP contribution in [0.15, 0.2) is 110 Å². The van der Waals surface area contributed by atoms with Crippen molar-refractivity contribution in [3.63, 3.8) is 0 Å². The molecule has 1 aliphatic heterocycles. The normalized spacial score (nSPS) is 16.7. The van der Waals surface area contributed by atoms with Gasteiger partial charge >= 0.3 is 0 Å². The summed E-state index contributed by atoms with van der Waals surface area (Å²) in [5.74, 6) is 0. The zero-order valence-electron chi connectivity index (χ0n) is 17.7. The lowest BCUT2D eigenvalue weighted by Crippen LogP contribution is -2.26. The molecule has 6 aromatic rings. The third kappa shape index (κ3) is 2.40. The van der Waals surface area contributed by atoms with Gasteiger partial charge in [-0.25, -0.2) is 0 Å². The van der Waals surface area contributed by atoms with E-state index in [1.54, 1.807) is 0 Å². The average molecular weight is 442 g/mol. The molecular formula is C29H19N2OP. The van der Waals surface area contributed by atoms with Crippen molar-refractivity contribution in [1.82, 2.24) is 9.97 Å². The Kier molecular flexibility index (Phi) is 3.82.